The molecule has 1 heterocycles. The first kappa shape index (κ1) is 17.0. The van der Waals surface area contributed by atoms with Gasteiger partial charge in [-0.3, -0.25) is 0 Å². The third-order valence-corrected chi connectivity index (χ3v) is 3.22. The van der Waals surface area contributed by atoms with E-state index in [1.54, 1.807) is 25.1 Å². The molecule has 0 radical (unpaired) electrons. The van der Waals surface area contributed by atoms with Gasteiger partial charge in [-0.2, -0.15) is 4.98 Å². The topological polar surface area (TPSA) is 100 Å². The second-order valence-corrected chi connectivity index (χ2v) is 5.83. The maximum Gasteiger partial charge on any atom is 0.319 e. The lowest BCUT2D eigenvalue weighted by Crippen LogP contribution is -2.40. The van der Waals surface area contributed by atoms with Gasteiger partial charge >= 0.3 is 6.03 Å². The van der Waals surface area contributed by atoms with Gasteiger partial charge in [0.05, 0.1) is 12.6 Å². The van der Waals surface area contributed by atoms with Crippen molar-refractivity contribution >= 4 is 11.7 Å². The summed E-state index contributed by atoms with van der Waals surface area (Å²) in [6.07, 6.45) is 0.714. The molecule has 0 saturated heterocycles. The first-order chi connectivity index (χ1) is 11.0. The number of carbonyl (C=O) groups is 1. The molecule has 2 rings (SSSR count). The molecular formula is C16H22N4O3. The average molecular weight is 318 g/mol. The van der Waals surface area contributed by atoms with Crippen LogP contribution in [0.3, 0.4) is 0 Å². The number of hydrogen-bond donors (Lipinski definition) is 3. The van der Waals surface area contributed by atoms with E-state index in [2.05, 4.69) is 20.8 Å². The van der Waals surface area contributed by atoms with Crippen molar-refractivity contribution in [3.05, 3.63) is 30.2 Å². The summed E-state index contributed by atoms with van der Waals surface area (Å²) < 4.78 is 4.96. The number of benzene rings is 1. The lowest BCUT2D eigenvalue weighted by Gasteiger charge is -2.18. The van der Waals surface area contributed by atoms with E-state index in [9.17, 15) is 9.90 Å². The van der Waals surface area contributed by atoms with Crippen LogP contribution in [0.15, 0.2) is 28.8 Å². The van der Waals surface area contributed by atoms with Crippen molar-refractivity contribution in [1.82, 2.24) is 15.5 Å². The number of nitrogens with one attached hydrogen (secondary N) is 2. The zero-order valence-corrected chi connectivity index (χ0v) is 13.5. The zero-order valence-electron chi connectivity index (χ0n) is 13.5. The van der Waals surface area contributed by atoms with Gasteiger partial charge in [-0.25, -0.2) is 4.79 Å². The number of hydrogen-bond acceptors (Lipinski definition) is 5. The lowest BCUT2D eigenvalue weighted by atomic mass is 10.0. The Kier molecular flexibility index (Phi) is 5.70. The Bertz CT molecular complexity index is 654. The normalized spacial score (nSPS) is 12.2. The molecule has 0 aliphatic heterocycles. The summed E-state index contributed by atoms with van der Waals surface area (Å²) in [4.78, 5) is 16.2. The van der Waals surface area contributed by atoms with E-state index in [-0.39, 0.29) is 18.7 Å². The number of nitrogens with zero attached hydrogens (tertiary/aromatic N) is 2. The van der Waals surface area contributed by atoms with Gasteiger partial charge in [-0.1, -0.05) is 31.1 Å². The Morgan fingerprint density at radius 1 is 1.39 bits per heavy atom. The fraction of sp³-hybridized carbons (Fsp3) is 0.438. The summed E-state index contributed by atoms with van der Waals surface area (Å²) in [5, 5.41) is 18.7. The SMILES string of the molecule is Cc1nc(-c2cccc(NC(=O)NC(CO)CC(C)C)c2)no1. The minimum Gasteiger partial charge on any atom is -0.394 e. The number of rotatable bonds is 6. The fourth-order valence-corrected chi connectivity index (χ4v) is 2.25. The van der Waals surface area contributed by atoms with E-state index >= 15 is 0 Å². The van der Waals surface area contributed by atoms with Gasteiger partial charge in [-0.05, 0) is 24.5 Å². The molecule has 0 fully saturated rings. The van der Waals surface area contributed by atoms with Crippen molar-refractivity contribution in [2.24, 2.45) is 5.92 Å². The zero-order chi connectivity index (χ0) is 16.8. The quantitative estimate of drug-likeness (QED) is 0.760. The molecule has 1 aromatic heterocycles. The number of anilines is 1. The van der Waals surface area contributed by atoms with Crippen LogP contribution in [0.4, 0.5) is 10.5 Å². The van der Waals surface area contributed by atoms with Gasteiger partial charge in [0.15, 0.2) is 0 Å². The van der Waals surface area contributed by atoms with Crippen molar-refractivity contribution in [1.29, 1.82) is 0 Å². The molecule has 3 N–H and O–H groups in total. The predicted molar refractivity (Wildman–Crippen MR) is 87.0 cm³/mol. The van der Waals surface area contributed by atoms with Crippen LogP contribution in [-0.4, -0.2) is 33.9 Å². The Morgan fingerprint density at radius 2 is 2.17 bits per heavy atom. The number of aromatic nitrogens is 2. The van der Waals surface area contributed by atoms with Crippen molar-refractivity contribution in [3.63, 3.8) is 0 Å². The fourth-order valence-electron chi connectivity index (χ4n) is 2.25. The molecular weight excluding hydrogens is 296 g/mol. The van der Waals surface area contributed by atoms with Crippen molar-refractivity contribution in [2.75, 3.05) is 11.9 Å². The molecule has 1 aromatic carbocycles. The Morgan fingerprint density at radius 3 is 2.78 bits per heavy atom. The third-order valence-electron chi connectivity index (χ3n) is 3.22. The summed E-state index contributed by atoms with van der Waals surface area (Å²) >= 11 is 0. The van der Waals surface area contributed by atoms with Crippen LogP contribution in [0, 0.1) is 12.8 Å². The molecule has 2 amide bonds. The molecule has 23 heavy (non-hydrogen) atoms. The maximum absolute atomic E-state index is 12.0. The Balaban J connectivity index is 2.01. The van der Waals surface area contributed by atoms with Gasteiger partial charge in [-0.15, -0.1) is 0 Å². The molecule has 0 spiro atoms. The lowest BCUT2D eigenvalue weighted by molar-refractivity contribution is 0.214. The van der Waals surface area contributed by atoms with E-state index < -0.39 is 0 Å². The highest BCUT2D eigenvalue weighted by Gasteiger charge is 2.13. The molecule has 0 aliphatic rings. The summed E-state index contributed by atoms with van der Waals surface area (Å²) in [5.41, 5.74) is 1.37. The van der Waals surface area contributed by atoms with Crippen LogP contribution in [0.1, 0.15) is 26.2 Å². The molecule has 7 nitrogen and oxygen atoms in total. The second kappa shape index (κ2) is 7.73. The minimum atomic E-state index is -0.355. The number of aryl methyl sites for hydroxylation is 1. The number of amides is 2. The molecule has 124 valence electrons. The first-order valence-electron chi connectivity index (χ1n) is 7.57. The number of urea groups is 1. The molecule has 1 unspecified atom stereocenters. The molecule has 0 bridgehead atoms. The molecule has 2 aromatic rings. The van der Waals surface area contributed by atoms with Gasteiger partial charge in [0.1, 0.15) is 0 Å². The van der Waals surface area contributed by atoms with Crippen LogP contribution in [-0.2, 0) is 0 Å². The highest BCUT2D eigenvalue weighted by Crippen LogP contribution is 2.19. The number of aliphatic hydroxyl groups is 1. The van der Waals surface area contributed by atoms with E-state index in [0.29, 0.717) is 29.7 Å². The standard InChI is InChI=1S/C16H22N4O3/c1-10(2)7-14(9-21)19-16(22)18-13-6-4-5-12(8-13)15-17-11(3)23-20-15/h4-6,8,10,14,21H,7,9H2,1-3H3,(H2,18,19,22). The van der Waals surface area contributed by atoms with Crippen molar-refractivity contribution in [3.8, 4) is 11.4 Å². The van der Waals surface area contributed by atoms with E-state index in [4.69, 9.17) is 4.52 Å². The number of carbonyl (C=O) groups excluding carboxylic acids is 1. The molecule has 7 heteroatoms. The van der Waals surface area contributed by atoms with Gasteiger partial charge < -0.3 is 20.3 Å². The smallest absolute Gasteiger partial charge is 0.319 e. The van der Waals surface area contributed by atoms with Crippen molar-refractivity contribution in [2.45, 2.75) is 33.2 Å². The van der Waals surface area contributed by atoms with Crippen LogP contribution < -0.4 is 10.6 Å². The minimum absolute atomic E-state index is 0.0895. The van der Waals surface area contributed by atoms with E-state index in [1.807, 2.05) is 19.9 Å². The Hall–Kier alpha value is -2.41. The average Bonchev–Trinajstić information content (AvgIpc) is 2.93. The highest BCUT2D eigenvalue weighted by molar-refractivity contribution is 5.90. The van der Waals surface area contributed by atoms with E-state index in [0.717, 1.165) is 5.56 Å². The first-order valence-corrected chi connectivity index (χ1v) is 7.57. The Labute approximate surface area is 135 Å². The van der Waals surface area contributed by atoms with Crippen molar-refractivity contribution < 1.29 is 14.4 Å². The monoisotopic (exact) mass is 318 g/mol. The van der Waals surface area contributed by atoms with Crippen LogP contribution in [0.5, 0.6) is 0 Å². The molecule has 0 saturated carbocycles. The van der Waals surface area contributed by atoms with Gasteiger partial charge in [0, 0.05) is 18.2 Å². The van der Waals surface area contributed by atoms with Crippen LogP contribution in [0.2, 0.25) is 0 Å². The van der Waals surface area contributed by atoms with Gasteiger partial charge in [0.2, 0.25) is 11.7 Å². The summed E-state index contributed by atoms with van der Waals surface area (Å²) in [6, 6.07) is 6.55. The summed E-state index contributed by atoms with van der Waals surface area (Å²) in [7, 11) is 0. The number of aliphatic hydroxyl groups excluding tert-OH is 1. The highest BCUT2D eigenvalue weighted by atomic mass is 16.5. The van der Waals surface area contributed by atoms with E-state index in [1.165, 1.54) is 0 Å². The summed E-state index contributed by atoms with van der Waals surface area (Å²) in [6.45, 7) is 5.71. The predicted octanol–water partition coefficient (Wildman–Crippen LogP) is 2.57. The summed E-state index contributed by atoms with van der Waals surface area (Å²) in [5.74, 6) is 1.34. The molecule has 0 aliphatic carbocycles. The largest absolute Gasteiger partial charge is 0.394 e. The van der Waals surface area contributed by atoms with Gasteiger partial charge in [0.25, 0.3) is 0 Å². The third kappa shape index (κ3) is 5.07. The van der Waals surface area contributed by atoms with Crippen LogP contribution >= 0.6 is 0 Å². The maximum atomic E-state index is 12.0. The molecule has 1 atom stereocenters. The second-order valence-electron chi connectivity index (χ2n) is 5.83. The van der Waals surface area contributed by atoms with Crippen LogP contribution in [0.25, 0.3) is 11.4 Å².